The SMILES string of the molecule is Cc1ccc(NC(=S)N[C@H]2CCOc3ccccc32)cc1F. The lowest BCUT2D eigenvalue weighted by atomic mass is 10.0. The summed E-state index contributed by atoms with van der Waals surface area (Å²) in [6.07, 6.45) is 0.834. The lowest BCUT2D eigenvalue weighted by Gasteiger charge is -2.27. The molecule has 2 aromatic carbocycles. The number of nitrogens with one attached hydrogen (secondary N) is 2. The highest BCUT2D eigenvalue weighted by Gasteiger charge is 2.21. The van der Waals surface area contributed by atoms with Crippen molar-refractivity contribution in [1.29, 1.82) is 0 Å². The van der Waals surface area contributed by atoms with Crippen molar-refractivity contribution in [2.24, 2.45) is 0 Å². The molecule has 3 rings (SSSR count). The van der Waals surface area contributed by atoms with E-state index in [-0.39, 0.29) is 11.9 Å². The molecule has 0 radical (unpaired) electrons. The first-order valence-electron chi connectivity index (χ1n) is 7.19. The monoisotopic (exact) mass is 316 g/mol. The van der Waals surface area contributed by atoms with Gasteiger partial charge in [0.1, 0.15) is 11.6 Å². The van der Waals surface area contributed by atoms with Crippen molar-refractivity contribution in [3.63, 3.8) is 0 Å². The van der Waals surface area contributed by atoms with Crippen LogP contribution in [-0.4, -0.2) is 11.7 Å². The lowest BCUT2D eigenvalue weighted by molar-refractivity contribution is 0.262. The summed E-state index contributed by atoms with van der Waals surface area (Å²) in [6.45, 7) is 2.38. The maximum Gasteiger partial charge on any atom is 0.171 e. The standard InChI is InChI=1S/C17H17FN2OS/c1-11-6-7-12(10-14(11)18)19-17(22)20-15-8-9-21-16-5-3-2-4-13(15)16/h2-7,10,15H,8-9H2,1H3,(H2,19,20,22)/t15-/m0/s1. The molecule has 0 aromatic heterocycles. The van der Waals surface area contributed by atoms with Gasteiger partial charge in [-0.05, 0) is 42.9 Å². The molecule has 0 saturated heterocycles. The highest BCUT2D eigenvalue weighted by atomic mass is 32.1. The van der Waals surface area contributed by atoms with Gasteiger partial charge in [0.2, 0.25) is 0 Å². The fourth-order valence-corrected chi connectivity index (χ4v) is 2.75. The molecule has 0 saturated carbocycles. The zero-order chi connectivity index (χ0) is 15.5. The Morgan fingerprint density at radius 3 is 2.91 bits per heavy atom. The number of anilines is 1. The normalized spacial score (nSPS) is 16.4. The Morgan fingerprint density at radius 1 is 1.27 bits per heavy atom. The molecule has 114 valence electrons. The molecule has 1 atom stereocenters. The molecule has 2 aromatic rings. The van der Waals surface area contributed by atoms with E-state index >= 15 is 0 Å². The summed E-state index contributed by atoms with van der Waals surface area (Å²) < 4.78 is 19.2. The molecule has 3 nitrogen and oxygen atoms in total. The van der Waals surface area contributed by atoms with Crippen LogP contribution < -0.4 is 15.4 Å². The molecule has 1 aliphatic heterocycles. The summed E-state index contributed by atoms with van der Waals surface area (Å²) in [4.78, 5) is 0. The molecule has 0 spiro atoms. The summed E-state index contributed by atoms with van der Waals surface area (Å²) in [5, 5.41) is 6.78. The van der Waals surface area contributed by atoms with E-state index in [0.717, 1.165) is 17.7 Å². The van der Waals surface area contributed by atoms with Crippen molar-refractivity contribution in [1.82, 2.24) is 5.32 Å². The van der Waals surface area contributed by atoms with E-state index in [1.807, 2.05) is 30.3 Å². The van der Waals surface area contributed by atoms with Gasteiger partial charge in [-0.25, -0.2) is 4.39 Å². The molecular weight excluding hydrogens is 299 g/mol. The van der Waals surface area contributed by atoms with E-state index in [2.05, 4.69) is 10.6 Å². The van der Waals surface area contributed by atoms with Crippen molar-refractivity contribution < 1.29 is 9.13 Å². The van der Waals surface area contributed by atoms with Crippen LogP contribution in [0.5, 0.6) is 5.75 Å². The summed E-state index contributed by atoms with van der Waals surface area (Å²) in [5.41, 5.74) is 2.34. The van der Waals surface area contributed by atoms with Gasteiger partial charge in [-0.2, -0.15) is 0 Å². The minimum atomic E-state index is -0.246. The van der Waals surface area contributed by atoms with Gasteiger partial charge in [0, 0.05) is 17.7 Å². The highest BCUT2D eigenvalue weighted by Crippen LogP contribution is 2.31. The number of para-hydroxylation sites is 1. The average molecular weight is 316 g/mol. The van der Waals surface area contributed by atoms with Crippen LogP contribution in [0.1, 0.15) is 23.6 Å². The van der Waals surface area contributed by atoms with Crippen molar-refractivity contribution in [3.8, 4) is 5.75 Å². The maximum atomic E-state index is 13.6. The maximum absolute atomic E-state index is 13.6. The van der Waals surface area contributed by atoms with Crippen LogP contribution in [-0.2, 0) is 0 Å². The Bertz CT molecular complexity index is 705. The molecule has 0 fully saturated rings. The number of fused-ring (bicyclic) bond motifs is 1. The largest absolute Gasteiger partial charge is 0.493 e. The van der Waals surface area contributed by atoms with E-state index in [1.165, 1.54) is 6.07 Å². The third kappa shape index (κ3) is 3.20. The topological polar surface area (TPSA) is 33.3 Å². The number of benzene rings is 2. The summed E-state index contributed by atoms with van der Waals surface area (Å²) in [7, 11) is 0. The quantitative estimate of drug-likeness (QED) is 0.822. The Balaban J connectivity index is 1.69. The number of thiocarbonyl (C=S) groups is 1. The van der Waals surface area contributed by atoms with Gasteiger partial charge in [-0.3, -0.25) is 0 Å². The summed E-state index contributed by atoms with van der Waals surface area (Å²) in [6, 6.07) is 13.0. The van der Waals surface area contributed by atoms with Crippen molar-refractivity contribution >= 4 is 23.0 Å². The van der Waals surface area contributed by atoms with Gasteiger partial charge in [0.15, 0.2) is 5.11 Å². The van der Waals surface area contributed by atoms with Crippen molar-refractivity contribution in [2.75, 3.05) is 11.9 Å². The second kappa shape index (κ2) is 6.32. The number of halogens is 1. The molecule has 0 bridgehead atoms. The van der Waals surface area contributed by atoms with Gasteiger partial charge < -0.3 is 15.4 Å². The van der Waals surface area contributed by atoms with Crippen molar-refractivity contribution in [2.45, 2.75) is 19.4 Å². The van der Waals surface area contributed by atoms with E-state index in [1.54, 1.807) is 13.0 Å². The molecule has 0 aliphatic carbocycles. The van der Waals surface area contributed by atoms with E-state index in [0.29, 0.717) is 23.0 Å². The highest BCUT2D eigenvalue weighted by molar-refractivity contribution is 7.80. The third-order valence-electron chi connectivity index (χ3n) is 3.69. The Labute approximate surface area is 134 Å². The molecular formula is C17H17FN2OS. The van der Waals surface area contributed by atoms with E-state index < -0.39 is 0 Å². The number of rotatable bonds is 2. The van der Waals surface area contributed by atoms with Gasteiger partial charge in [-0.1, -0.05) is 24.3 Å². The minimum absolute atomic E-state index is 0.0974. The van der Waals surface area contributed by atoms with Crippen LogP contribution >= 0.6 is 12.2 Å². The number of hydrogen-bond donors (Lipinski definition) is 2. The number of aryl methyl sites for hydroxylation is 1. The molecule has 22 heavy (non-hydrogen) atoms. The Morgan fingerprint density at radius 2 is 2.09 bits per heavy atom. The molecule has 5 heteroatoms. The van der Waals surface area contributed by atoms with Crippen LogP contribution in [0.2, 0.25) is 0 Å². The fourth-order valence-electron chi connectivity index (χ4n) is 2.49. The predicted molar refractivity (Wildman–Crippen MR) is 89.8 cm³/mol. The first-order valence-corrected chi connectivity index (χ1v) is 7.60. The third-order valence-corrected chi connectivity index (χ3v) is 3.91. The van der Waals surface area contributed by atoms with Crippen LogP contribution in [0.25, 0.3) is 0 Å². The molecule has 0 amide bonds. The molecule has 1 aliphatic rings. The van der Waals surface area contributed by atoms with Gasteiger partial charge >= 0.3 is 0 Å². The van der Waals surface area contributed by atoms with Crippen LogP contribution in [0.4, 0.5) is 10.1 Å². The minimum Gasteiger partial charge on any atom is -0.493 e. The average Bonchev–Trinajstić information content (AvgIpc) is 2.51. The second-order valence-corrected chi connectivity index (χ2v) is 5.70. The van der Waals surface area contributed by atoms with Crippen LogP contribution in [0.15, 0.2) is 42.5 Å². The number of ether oxygens (including phenoxy) is 1. The second-order valence-electron chi connectivity index (χ2n) is 5.29. The predicted octanol–water partition coefficient (Wildman–Crippen LogP) is 3.94. The van der Waals surface area contributed by atoms with Crippen LogP contribution in [0.3, 0.4) is 0 Å². The lowest BCUT2D eigenvalue weighted by Crippen LogP contribution is -2.35. The Hall–Kier alpha value is -2.14. The van der Waals surface area contributed by atoms with E-state index in [4.69, 9.17) is 17.0 Å². The smallest absolute Gasteiger partial charge is 0.171 e. The van der Waals surface area contributed by atoms with Gasteiger partial charge in [-0.15, -0.1) is 0 Å². The van der Waals surface area contributed by atoms with E-state index in [9.17, 15) is 4.39 Å². The first-order chi connectivity index (χ1) is 10.6. The fraction of sp³-hybridized carbons (Fsp3) is 0.235. The van der Waals surface area contributed by atoms with Crippen LogP contribution in [0, 0.1) is 12.7 Å². The molecule has 0 unspecified atom stereocenters. The Kier molecular flexibility index (Phi) is 4.24. The van der Waals surface area contributed by atoms with Gasteiger partial charge in [0.25, 0.3) is 0 Å². The number of hydrogen-bond acceptors (Lipinski definition) is 2. The zero-order valence-corrected chi connectivity index (χ0v) is 13.0. The summed E-state index contributed by atoms with van der Waals surface area (Å²) in [5.74, 6) is 0.639. The van der Waals surface area contributed by atoms with Crippen molar-refractivity contribution in [3.05, 3.63) is 59.4 Å². The molecule has 2 N–H and O–H groups in total. The zero-order valence-electron chi connectivity index (χ0n) is 12.2. The first kappa shape index (κ1) is 14.8. The van der Waals surface area contributed by atoms with Gasteiger partial charge in [0.05, 0.1) is 12.6 Å². The molecule has 1 heterocycles. The summed E-state index contributed by atoms with van der Waals surface area (Å²) >= 11 is 5.34.